The molecule has 0 aromatic carbocycles. The third-order valence-electron chi connectivity index (χ3n) is 4.08. The monoisotopic (exact) mass is 306 g/mol. The number of allylic oxidation sites excluding steroid dienone is 4. The molecule has 0 spiro atoms. The van der Waals surface area contributed by atoms with E-state index in [-0.39, 0.29) is 11.3 Å². The van der Waals surface area contributed by atoms with Crippen LogP contribution in [-0.4, -0.2) is 37.5 Å². The van der Waals surface area contributed by atoms with Crippen molar-refractivity contribution in [3.63, 3.8) is 0 Å². The summed E-state index contributed by atoms with van der Waals surface area (Å²) in [5.74, 6) is 1.19. The lowest BCUT2D eigenvalue weighted by Crippen LogP contribution is -2.24. The van der Waals surface area contributed by atoms with Crippen LogP contribution in [0.25, 0.3) is 0 Å². The molecule has 0 aliphatic carbocycles. The number of ether oxygens (including phenoxy) is 2. The molecule has 21 heavy (non-hydrogen) atoms. The maximum atomic E-state index is 12.2. The first-order valence-electron chi connectivity index (χ1n) is 6.64. The van der Waals surface area contributed by atoms with Crippen LogP contribution in [-0.2, 0) is 19.1 Å². The average molecular weight is 306 g/mol. The van der Waals surface area contributed by atoms with E-state index in [0.717, 1.165) is 11.1 Å². The Kier molecular flexibility index (Phi) is 4.48. The zero-order valence-electron chi connectivity index (χ0n) is 12.7. The molecule has 2 heterocycles. The molecule has 4 nitrogen and oxygen atoms in total. The summed E-state index contributed by atoms with van der Waals surface area (Å²) >= 11 is 0. The Labute approximate surface area is 125 Å². The smallest absolute Gasteiger partial charge is 0.335 e. The number of esters is 2. The van der Waals surface area contributed by atoms with Gasteiger partial charge in [-0.1, -0.05) is 43.6 Å². The Morgan fingerprint density at radius 3 is 1.81 bits per heavy atom. The molecule has 0 aromatic heterocycles. The van der Waals surface area contributed by atoms with Crippen LogP contribution >= 0.6 is 7.92 Å². The molecular formula is C16H19O4P. The molecule has 2 bridgehead atoms. The van der Waals surface area contributed by atoms with Gasteiger partial charge in [0.15, 0.2) is 0 Å². The Hall–Kier alpha value is -1.67. The van der Waals surface area contributed by atoms with Crippen LogP contribution in [0.2, 0.25) is 0 Å². The van der Waals surface area contributed by atoms with Gasteiger partial charge in [-0.25, -0.2) is 9.59 Å². The van der Waals surface area contributed by atoms with Crippen molar-refractivity contribution in [2.75, 3.05) is 14.2 Å². The largest absolute Gasteiger partial charge is 0.466 e. The topological polar surface area (TPSA) is 52.6 Å². The van der Waals surface area contributed by atoms with Crippen molar-refractivity contribution >= 4 is 19.9 Å². The molecule has 0 saturated heterocycles. The van der Waals surface area contributed by atoms with Crippen molar-refractivity contribution in [3.05, 3.63) is 46.8 Å². The van der Waals surface area contributed by atoms with E-state index in [1.165, 1.54) is 14.2 Å². The summed E-state index contributed by atoms with van der Waals surface area (Å²) in [6, 6.07) is 0. The summed E-state index contributed by atoms with van der Waals surface area (Å²) in [6.07, 6.45) is 3.59. The lowest BCUT2D eigenvalue weighted by molar-refractivity contribution is -0.139. The SMILES string of the molecule is C=C/C=C\P1[C@@H]2C(C)=C(C)[C@H]1C(C(=O)OC)=C2C(=O)OC. The zero-order chi connectivity index (χ0) is 15.7. The minimum atomic E-state index is -0.698. The highest BCUT2D eigenvalue weighted by Gasteiger charge is 2.53. The van der Waals surface area contributed by atoms with E-state index in [0.29, 0.717) is 11.1 Å². The number of hydrogen-bond donors (Lipinski definition) is 0. The van der Waals surface area contributed by atoms with E-state index < -0.39 is 19.9 Å². The summed E-state index contributed by atoms with van der Waals surface area (Å²) in [5.41, 5.74) is 3.15. The highest BCUT2D eigenvalue weighted by molar-refractivity contribution is 7.64. The van der Waals surface area contributed by atoms with E-state index in [1.807, 2.05) is 19.9 Å². The highest BCUT2D eigenvalue weighted by Crippen LogP contribution is 2.68. The molecule has 2 rings (SSSR count). The van der Waals surface area contributed by atoms with Crippen LogP contribution in [0.4, 0.5) is 0 Å². The normalized spacial score (nSPS) is 27.5. The number of carbonyl (C=O) groups excluding carboxylic acids is 2. The number of methoxy groups -OCH3 is 2. The molecular weight excluding hydrogens is 287 g/mol. The van der Waals surface area contributed by atoms with E-state index in [2.05, 4.69) is 12.4 Å². The second-order valence-corrected chi connectivity index (χ2v) is 7.23. The lowest BCUT2D eigenvalue weighted by Gasteiger charge is -2.18. The van der Waals surface area contributed by atoms with E-state index in [9.17, 15) is 9.59 Å². The fraction of sp³-hybridized carbons (Fsp3) is 0.375. The molecule has 3 atom stereocenters. The maximum Gasteiger partial charge on any atom is 0.335 e. The molecule has 0 radical (unpaired) electrons. The first-order valence-corrected chi connectivity index (χ1v) is 8.19. The van der Waals surface area contributed by atoms with Crippen LogP contribution < -0.4 is 0 Å². The van der Waals surface area contributed by atoms with Crippen LogP contribution in [0, 0.1) is 0 Å². The Bertz CT molecular complexity index is 555. The standard InChI is InChI=1S/C16H19O4P/c1-6-7-8-21-13-9(2)10(3)14(21)12(16(18)20-5)11(13)15(17)19-4/h6-8,13-14H,1H2,2-5H3/b8-7-/t13-,14+,21?. The molecule has 1 unspecified atom stereocenters. The van der Waals surface area contributed by atoms with E-state index in [1.54, 1.807) is 6.08 Å². The van der Waals surface area contributed by atoms with Crippen molar-refractivity contribution in [1.82, 2.24) is 0 Å². The van der Waals surface area contributed by atoms with Gasteiger partial charge < -0.3 is 9.47 Å². The second-order valence-electron chi connectivity index (χ2n) is 5.01. The maximum absolute atomic E-state index is 12.2. The Morgan fingerprint density at radius 1 is 1.05 bits per heavy atom. The van der Waals surface area contributed by atoms with Gasteiger partial charge in [-0.2, -0.15) is 0 Å². The Morgan fingerprint density at radius 2 is 1.48 bits per heavy atom. The van der Waals surface area contributed by atoms with Crippen molar-refractivity contribution < 1.29 is 19.1 Å². The average Bonchev–Trinajstić information content (AvgIpc) is 2.94. The molecule has 112 valence electrons. The fourth-order valence-corrected chi connectivity index (χ4v) is 6.40. The first-order chi connectivity index (χ1) is 9.99. The molecule has 0 aromatic rings. The minimum absolute atomic E-state index is 0.0530. The quantitative estimate of drug-likeness (QED) is 0.347. The number of fused-ring (bicyclic) bond motifs is 2. The highest BCUT2D eigenvalue weighted by atomic mass is 31.1. The van der Waals surface area contributed by atoms with Gasteiger partial charge in [0.1, 0.15) is 0 Å². The molecule has 0 N–H and O–H groups in total. The zero-order valence-corrected chi connectivity index (χ0v) is 13.6. The Balaban J connectivity index is 2.57. The predicted molar refractivity (Wildman–Crippen MR) is 83.3 cm³/mol. The van der Waals surface area contributed by atoms with Crippen LogP contribution in [0.15, 0.2) is 46.8 Å². The van der Waals surface area contributed by atoms with E-state index >= 15 is 0 Å². The molecule has 5 heteroatoms. The fourth-order valence-electron chi connectivity index (χ4n) is 3.05. The van der Waals surface area contributed by atoms with Gasteiger partial charge >= 0.3 is 11.9 Å². The summed E-state index contributed by atoms with van der Waals surface area (Å²) in [5, 5.41) is 0. The van der Waals surface area contributed by atoms with Gasteiger partial charge in [-0.15, -0.1) is 0 Å². The molecule has 2 aliphatic rings. The molecule has 0 amide bonds. The second kappa shape index (κ2) is 5.98. The first kappa shape index (κ1) is 15.7. The summed E-state index contributed by atoms with van der Waals surface area (Å²) in [6.45, 7) is 7.73. The van der Waals surface area contributed by atoms with Crippen molar-refractivity contribution in [2.45, 2.75) is 25.2 Å². The molecule has 0 fully saturated rings. The number of rotatable bonds is 4. The molecule has 0 saturated carbocycles. The summed E-state index contributed by atoms with van der Waals surface area (Å²) in [4.78, 5) is 24.3. The van der Waals surface area contributed by atoms with Gasteiger partial charge in [0.05, 0.1) is 25.4 Å². The van der Waals surface area contributed by atoms with Crippen LogP contribution in [0.3, 0.4) is 0 Å². The van der Waals surface area contributed by atoms with Gasteiger partial charge in [-0.3, -0.25) is 0 Å². The summed E-state index contributed by atoms with van der Waals surface area (Å²) < 4.78 is 9.77. The van der Waals surface area contributed by atoms with Crippen LogP contribution in [0.1, 0.15) is 13.8 Å². The van der Waals surface area contributed by atoms with Crippen molar-refractivity contribution in [3.8, 4) is 0 Å². The molecule has 2 aliphatic heterocycles. The van der Waals surface area contributed by atoms with Gasteiger partial charge in [0.2, 0.25) is 0 Å². The van der Waals surface area contributed by atoms with Crippen molar-refractivity contribution in [1.29, 1.82) is 0 Å². The minimum Gasteiger partial charge on any atom is -0.466 e. The van der Waals surface area contributed by atoms with Gasteiger partial charge in [0, 0.05) is 11.3 Å². The van der Waals surface area contributed by atoms with E-state index in [4.69, 9.17) is 9.47 Å². The van der Waals surface area contributed by atoms with Gasteiger partial charge in [-0.05, 0) is 13.8 Å². The van der Waals surface area contributed by atoms with Gasteiger partial charge in [0.25, 0.3) is 0 Å². The predicted octanol–water partition coefficient (Wildman–Crippen LogP) is 2.91. The summed E-state index contributed by atoms with van der Waals surface area (Å²) in [7, 11) is 1.98. The number of carbonyl (C=O) groups is 2. The third-order valence-corrected chi connectivity index (χ3v) is 7.08. The van der Waals surface area contributed by atoms with Crippen molar-refractivity contribution in [2.24, 2.45) is 0 Å². The lowest BCUT2D eigenvalue weighted by atomic mass is 9.87. The third kappa shape index (κ3) is 2.28. The van der Waals surface area contributed by atoms with Crippen LogP contribution in [0.5, 0.6) is 0 Å². The number of hydrogen-bond acceptors (Lipinski definition) is 4.